The van der Waals surface area contributed by atoms with Crippen LogP contribution in [0.2, 0.25) is 0 Å². The zero-order chi connectivity index (χ0) is 20.4. The fraction of sp³-hybridized carbons (Fsp3) is 0.273. The van der Waals surface area contributed by atoms with Crippen LogP contribution in [0.15, 0.2) is 47.4 Å². The van der Waals surface area contributed by atoms with Gasteiger partial charge in [0.05, 0.1) is 13.2 Å². The molecule has 0 spiro atoms. The molecule has 0 radical (unpaired) electrons. The van der Waals surface area contributed by atoms with Crippen molar-refractivity contribution in [1.29, 1.82) is 5.26 Å². The molecule has 2 aromatic rings. The van der Waals surface area contributed by atoms with Crippen LogP contribution in [0, 0.1) is 23.7 Å². The average molecular weight is 394 g/mol. The summed E-state index contributed by atoms with van der Waals surface area (Å²) in [6.07, 6.45) is 7.96. The smallest absolute Gasteiger partial charge is 0.221 e. The largest absolute Gasteiger partial charge is 0.493 e. The monoisotopic (exact) mass is 394 g/mol. The van der Waals surface area contributed by atoms with Crippen molar-refractivity contribution >= 4 is 17.7 Å². The quantitative estimate of drug-likeness (QED) is 0.518. The first-order chi connectivity index (χ1) is 13.6. The van der Waals surface area contributed by atoms with Gasteiger partial charge in [-0.3, -0.25) is 4.79 Å². The number of methoxy groups -OCH3 is 1. The molecule has 0 saturated heterocycles. The van der Waals surface area contributed by atoms with E-state index >= 15 is 0 Å². The molecule has 1 atom stereocenters. The van der Waals surface area contributed by atoms with Gasteiger partial charge in [0.25, 0.3) is 0 Å². The maximum Gasteiger partial charge on any atom is 0.221 e. The molecule has 0 bridgehead atoms. The number of terminal acetylenes is 1. The number of benzene rings is 2. The molecular weight excluding hydrogens is 372 g/mol. The van der Waals surface area contributed by atoms with Gasteiger partial charge < -0.3 is 14.8 Å². The summed E-state index contributed by atoms with van der Waals surface area (Å²) in [5.74, 6) is 3.35. The summed E-state index contributed by atoms with van der Waals surface area (Å²) in [4.78, 5) is 13.4. The molecule has 2 aromatic carbocycles. The highest BCUT2D eigenvalue weighted by atomic mass is 32.2. The van der Waals surface area contributed by atoms with Gasteiger partial charge in [0.2, 0.25) is 5.91 Å². The Morgan fingerprint density at radius 3 is 2.61 bits per heavy atom. The molecule has 1 N–H and O–H groups in total. The van der Waals surface area contributed by atoms with E-state index in [2.05, 4.69) is 17.3 Å². The van der Waals surface area contributed by atoms with Crippen molar-refractivity contribution in [1.82, 2.24) is 5.32 Å². The summed E-state index contributed by atoms with van der Waals surface area (Å²) < 4.78 is 10.7. The van der Waals surface area contributed by atoms with Crippen LogP contribution in [0.4, 0.5) is 0 Å². The first kappa shape index (κ1) is 21.2. The standard InChI is InChI=1S/C22H22N2O3S/c1-4-13-27-20-11-5-16(14-21(20)26-2)6-12-22(25)24-19(15-23)17-7-9-18(28-3)10-8-17/h1,5,7-11,14,19H,6,12-13H2,2-3H3,(H,24,25). The molecule has 0 heterocycles. The van der Waals surface area contributed by atoms with E-state index in [9.17, 15) is 10.1 Å². The van der Waals surface area contributed by atoms with E-state index in [4.69, 9.17) is 15.9 Å². The van der Waals surface area contributed by atoms with E-state index in [1.165, 1.54) is 0 Å². The number of nitrogens with one attached hydrogen (secondary N) is 1. The lowest BCUT2D eigenvalue weighted by atomic mass is 10.1. The maximum absolute atomic E-state index is 12.3. The van der Waals surface area contributed by atoms with Gasteiger partial charge >= 0.3 is 0 Å². The Labute approximate surface area is 170 Å². The van der Waals surface area contributed by atoms with E-state index in [0.29, 0.717) is 17.9 Å². The molecule has 1 unspecified atom stereocenters. The Morgan fingerprint density at radius 1 is 1.25 bits per heavy atom. The van der Waals surface area contributed by atoms with Crippen LogP contribution in [0.25, 0.3) is 0 Å². The summed E-state index contributed by atoms with van der Waals surface area (Å²) >= 11 is 1.63. The summed E-state index contributed by atoms with van der Waals surface area (Å²) in [6, 6.07) is 14.5. The van der Waals surface area contributed by atoms with Gasteiger partial charge in [-0.25, -0.2) is 0 Å². The Hall–Kier alpha value is -3.09. The second kappa shape index (κ2) is 10.9. The van der Waals surface area contributed by atoms with Crippen molar-refractivity contribution in [2.75, 3.05) is 20.0 Å². The van der Waals surface area contributed by atoms with Crippen LogP contribution >= 0.6 is 11.8 Å². The summed E-state index contributed by atoms with van der Waals surface area (Å²) in [5, 5.41) is 12.2. The van der Waals surface area contributed by atoms with Gasteiger partial charge in [0.1, 0.15) is 12.6 Å². The molecule has 28 heavy (non-hydrogen) atoms. The highest BCUT2D eigenvalue weighted by Crippen LogP contribution is 2.28. The Balaban J connectivity index is 1.95. The molecule has 0 fully saturated rings. The average Bonchev–Trinajstić information content (AvgIpc) is 2.74. The second-order valence-electron chi connectivity index (χ2n) is 5.88. The zero-order valence-corrected chi connectivity index (χ0v) is 16.7. The zero-order valence-electron chi connectivity index (χ0n) is 15.9. The molecule has 0 aliphatic carbocycles. The number of carbonyl (C=O) groups is 1. The van der Waals surface area contributed by atoms with Crippen molar-refractivity contribution < 1.29 is 14.3 Å². The predicted molar refractivity (Wildman–Crippen MR) is 110 cm³/mol. The molecule has 0 aromatic heterocycles. The SMILES string of the molecule is C#CCOc1ccc(CCC(=O)NC(C#N)c2ccc(SC)cc2)cc1OC. The molecule has 2 rings (SSSR count). The number of amides is 1. The number of rotatable bonds is 9. The Bertz CT molecular complexity index is 882. The third-order valence-electron chi connectivity index (χ3n) is 4.06. The van der Waals surface area contributed by atoms with Crippen molar-refractivity contribution in [3.05, 3.63) is 53.6 Å². The first-order valence-electron chi connectivity index (χ1n) is 8.67. The van der Waals surface area contributed by atoms with Crippen LogP contribution in [0.1, 0.15) is 23.6 Å². The van der Waals surface area contributed by atoms with Gasteiger partial charge in [-0.1, -0.05) is 24.1 Å². The molecule has 0 aliphatic heterocycles. The number of nitrogens with zero attached hydrogens (tertiary/aromatic N) is 1. The van der Waals surface area contributed by atoms with Gasteiger partial charge in [-0.2, -0.15) is 5.26 Å². The van der Waals surface area contributed by atoms with Gasteiger partial charge in [0.15, 0.2) is 11.5 Å². The van der Waals surface area contributed by atoms with E-state index in [-0.39, 0.29) is 18.9 Å². The molecule has 5 nitrogen and oxygen atoms in total. The highest BCUT2D eigenvalue weighted by molar-refractivity contribution is 7.98. The van der Waals surface area contributed by atoms with E-state index in [0.717, 1.165) is 16.0 Å². The number of nitriles is 1. The number of hydrogen-bond donors (Lipinski definition) is 1. The molecule has 0 saturated carbocycles. The minimum atomic E-state index is -0.669. The van der Waals surface area contributed by atoms with Crippen LogP contribution < -0.4 is 14.8 Å². The minimum absolute atomic E-state index is 0.158. The molecule has 6 heteroatoms. The lowest BCUT2D eigenvalue weighted by molar-refractivity contribution is -0.121. The summed E-state index contributed by atoms with van der Waals surface area (Å²) in [7, 11) is 1.55. The van der Waals surface area contributed by atoms with Crippen molar-refractivity contribution in [2.45, 2.75) is 23.8 Å². The fourth-order valence-electron chi connectivity index (χ4n) is 2.58. The molecule has 0 aliphatic rings. The number of ether oxygens (including phenoxy) is 2. The molecule has 1 amide bonds. The summed E-state index contributed by atoms with van der Waals surface area (Å²) in [5.41, 5.74) is 1.70. The predicted octanol–water partition coefficient (Wildman–Crippen LogP) is 3.74. The number of carbonyl (C=O) groups excluding carboxylic acids is 1. The lowest BCUT2D eigenvalue weighted by Gasteiger charge is -2.13. The summed E-state index contributed by atoms with van der Waals surface area (Å²) in [6.45, 7) is 0.158. The maximum atomic E-state index is 12.3. The van der Waals surface area contributed by atoms with E-state index in [1.54, 1.807) is 24.9 Å². The Morgan fingerprint density at radius 2 is 2.00 bits per heavy atom. The third-order valence-corrected chi connectivity index (χ3v) is 4.81. The van der Waals surface area contributed by atoms with Crippen LogP contribution in [-0.4, -0.2) is 25.9 Å². The van der Waals surface area contributed by atoms with E-state index in [1.807, 2.05) is 42.7 Å². The van der Waals surface area contributed by atoms with Crippen molar-refractivity contribution in [2.24, 2.45) is 0 Å². The number of aryl methyl sites for hydroxylation is 1. The van der Waals surface area contributed by atoms with Gasteiger partial charge in [-0.05, 0) is 48.1 Å². The normalized spacial score (nSPS) is 11.0. The van der Waals surface area contributed by atoms with Crippen LogP contribution in [0.3, 0.4) is 0 Å². The molecule has 144 valence electrons. The molecular formula is C22H22N2O3S. The fourth-order valence-corrected chi connectivity index (χ4v) is 2.99. The van der Waals surface area contributed by atoms with Gasteiger partial charge in [-0.15, -0.1) is 18.2 Å². The number of thioether (sulfide) groups is 1. The minimum Gasteiger partial charge on any atom is -0.493 e. The lowest BCUT2D eigenvalue weighted by Crippen LogP contribution is -2.27. The third kappa shape index (κ3) is 5.97. The van der Waals surface area contributed by atoms with E-state index < -0.39 is 6.04 Å². The topological polar surface area (TPSA) is 71.3 Å². The van der Waals surface area contributed by atoms with Crippen LogP contribution in [-0.2, 0) is 11.2 Å². The second-order valence-corrected chi connectivity index (χ2v) is 6.76. The van der Waals surface area contributed by atoms with Crippen LogP contribution in [0.5, 0.6) is 11.5 Å². The van der Waals surface area contributed by atoms with Crippen molar-refractivity contribution in [3.8, 4) is 29.9 Å². The highest BCUT2D eigenvalue weighted by Gasteiger charge is 2.14. The Kier molecular flexibility index (Phi) is 8.27. The first-order valence-corrected chi connectivity index (χ1v) is 9.89. The van der Waals surface area contributed by atoms with Gasteiger partial charge in [0, 0.05) is 11.3 Å². The van der Waals surface area contributed by atoms with Crippen molar-refractivity contribution in [3.63, 3.8) is 0 Å². The number of hydrogen-bond acceptors (Lipinski definition) is 5.